The first-order valence-electron chi connectivity index (χ1n) is 5.87. The van der Waals surface area contributed by atoms with Crippen LogP contribution in [-0.4, -0.2) is 27.9 Å². The fraction of sp³-hybridized carbons (Fsp3) is 0.364. The first-order valence-corrected chi connectivity index (χ1v) is 7.52. The van der Waals surface area contributed by atoms with Crippen molar-refractivity contribution < 1.29 is 21.6 Å². The molecule has 0 aliphatic rings. The summed E-state index contributed by atoms with van der Waals surface area (Å²) in [6, 6.07) is 0.684. The van der Waals surface area contributed by atoms with Crippen molar-refractivity contribution in [2.24, 2.45) is 0 Å². The zero-order valence-electron chi connectivity index (χ0n) is 10.9. The Kier molecular flexibility index (Phi) is 3.99. The van der Waals surface area contributed by atoms with Crippen molar-refractivity contribution in [3.05, 3.63) is 36.2 Å². The van der Waals surface area contributed by atoms with Crippen molar-refractivity contribution in [2.45, 2.75) is 30.6 Å². The summed E-state index contributed by atoms with van der Waals surface area (Å²) in [6.07, 6.45) is -0.987. The number of hydrogen-bond donors (Lipinski definition) is 0. The normalized spacial score (nSPS) is 12.6. The SMILES string of the molecule is CCn1ccnc1S(=O)(=O)Cc1nccc(C(F)(F)F)n1. The van der Waals surface area contributed by atoms with Crippen LogP contribution in [0.4, 0.5) is 13.2 Å². The van der Waals surface area contributed by atoms with Gasteiger partial charge in [-0.25, -0.2) is 23.4 Å². The van der Waals surface area contributed by atoms with Crippen molar-refractivity contribution in [2.75, 3.05) is 0 Å². The molecule has 21 heavy (non-hydrogen) atoms. The van der Waals surface area contributed by atoms with Crippen LogP contribution >= 0.6 is 0 Å². The van der Waals surface area contributed by atoms with Gasteiger partial charge in [-0.3, -0.25) is 0 Å². The number of sulfone groups is 1. The van der Waals surface area contributed by atoms with Crippen LogP contribution in [0.15, 0.2) is 29.8 Å². The fourth-order valence-electron chi connectivity index (χ4n) is 1.68. The van der Waals surface area contributed by atoms with E-state index >= 15 is 0 Å². The van der Waals surface area contributed by atoms with Gasteiger partial charge in [0.15, 0.2) is 0 Å². The summed E-state index contributed by atoms with van der Waals surface area (Å²) in [5.41, 5.74) is -1.18. The maximum absolute atomic E-state index is 12.5. The second-order valence-electron chi connectivity index (χ2n) is 4.11. The average molecular weight is 320 g/mol. The van der Waals surface area contributed by atoms with Gasteiger partial charge in [0.2, 0.25) is 15.0 Å². The molecule has 10 heteroatoms. The number of alkyl halides is 3. The van der Waals surface area contributed by atoms with E-state index in [1.807, 2.05) is 0 Å². The Hall–Kier alpha value is -1.97. The van der Waals surface area contributed by atoms with Crippen LogP contribution in [-0.2, 0) is 28.3 Å². The van der Waals surface area contributed by atoms with Crippen LogP contribution in [0.2, 0.25) is 0 Å². The lowest BCUT2D eigenvalue weighted by atomic mass is 10.4. The van der Waals surface area contributed by atoms with Gasteiger partial charge in [-0.1, -0.05) is 0 Å². The van der Waals surface area contributed by atoms with E-state index in [2.05, 4.69) is 15.0 Å². The highest BCUT2D eigenvalue weighted by molar-refractivity contribution is 7.90. The highest BCUT2D eigenvalue weighted by Gasteiger charge is 2.33. The van der Waals surface area contributed by atoms with Gasteiger partial charge in [0, 0.05) is 25.1 Å². The Bertz CT molecular complexity index is 740. The largest absolute Gasteiger partial charge is 0.433 e. The predicted octanol–water partition coefficient (Wildman–Crippen LogP) is 1.69. The third-order valence-electron chi connectivity index (χ3n) is 2.61. The molecule has 0 aromatic carbocycles. The van der Waals surface area contributed by atoms with Crippen LogP contribution in [0.1, 0.15) is 18.4 Å². The Labute approximate surface area is 118 Å². The molecular weight excluding hydrogens is 309 g/mol. The van der Waals surface area contributed by atoms with Crippen LogP contribution in [0.25, 0.3) is 0 Å². The third kappa shape index (κ3) is 3.38. The molecule has 0 aliphatic carbocycles. The third-order valence-corrected chi connectivity index (χ3v) is 4.15. The average Bonchev–Trinajstić information content (AvgIpc) is 2.86. The Balaban J connectivity index is 2.34. The van der Waals surface area contributed by atoms with Gasteiger partial charge in [-0.15, -0.1) is 0 Å². The number of imidazole rings is 1. The maximum atomic E-state index is 12.5. The highest BCUT2D eigenvalue weighted by atomic mass is 32.2. The molecule has 2 aromatic heterocycles. The molecule has 2 rings (SSSR count). The molecule has 2 heterocycles. The van der Waals surface area contributed by atoms with Crippen molar-refractivity contribution in [3.8, 4) is 0 Å². The predicted molar refractivity (Wildman–Crippen MR) is 65.8 cm³/mol. The molecule has 0 radical (unpaired) electrons. The lowest BCUT2D eigenvalue weighted by molar-refractivity contribution is -0.141. The van der Waals surface area contributed by atoms with Crippen LogP contribution in [0, 0.1) is 0 Å². The summed E-state index contributed by atoms with van der Waals surface area (Å²) < 4.78 is 63.3. The lowest BCUT2D eigenvalue weighted by Gasteiger charge is -2.08. The molecule has 0 unspecified atom stereocenters. The smallest absolute Gasteiger partial charge is 0.322 e. The van der Waals surface area contributed by atoms with Gasteiger partial charge < -0.3 is 4.57 Å². The highest BCUT2D eigenvalue weighted by Crippen LogP contribution is 2.27. The van der Waals surface area contributed by atoms with Crippen LogP contribution < -0.4 is 0 Å². The van der Waals surface area contributed by atoms with Crippen molar-refractivity contribution in [1.82, 2.24) is 19.5 Å². The molecule has 0 amide bonds. The summed E-state index contributed by atoms with van der Waals surface area (Å²) in [5.74, 6) is -1.16. The van der Waals surface area contributed by atoms with E-state index in [-0.39, 0.29) is 5.16 Å². The van der Waals surface area contributed by atoms with E-state index in [0.717, 1.165) is 6.20 Å². The molecule has 114 valence electrons. The van der Waals surface area contributed by atoms with E-state index in [4.69, 9.17) is 0 Å². The number of aryl methyl sites for hydroxylation is 1. The van der Waals surface area contributed by atoms with Crippen LogP contribution in [0.5, 0.6) is 0 Å². The van der Waals surface area contributed by atoms with Gasteiger partial charge in [0.25, 0.3) is 0 Å². The Morgan fingerprint density at radius 1 is 1.24 bits per heavy atom. The van der Waals surface area contributed by atoms with Gasteiger partial charge in [0.05, 0.1) is 0 Å². The van der Waals surface area contributed by atoms with E-state index in [0.29, 0.717) is 12.6 Å². The second kappa shape index (κ2) is 5.43. The summed E-state index contributed by atoms with van der Waals surface area (Å²) in [5, 5.41) is -0.217. The van der Waals surface area contributed by atoms with Gasteiger partial charge >= 0.3 is 6.18 Å². The summed E-state index contributed by atoms with van der Waals surface area (Å²) in [4.78, 5) is 10.5. The minimum atomic E-state index is -4.65. The molecule has 0 fully saturated rings. The number of nitrogens with zero attached hydrogens (tertiary/aromatic N) is 4. The molecule has 6 nitrogen and oxygen atoms in total. The lowest BCUT2D eigenvalue weighted by Crippen LogP contribution is -2.16. The van der Waals surface area contributed by atoms with Gasteiger partial charge in [0.1, 0.15) is 17.3 Å². The number of halogens is 3. The second-order valence-corrected chi connectivity index (χ2v) is 5.99. The molecular formula is C11H11F3N4O2S. The molecule has 0 aliphatic heterocycles. The number of rotatable bonds is 4. The zero-order valence-corrected chi connectivity index (χ0v) is 11.7. The molecule has 0 bridgehead atoms. The minimum absolute atomic E-state index is 0.217. The number of hydrogen-bond acceptors (Lipinski definition) is 5. The van der Waals surface area contributed by atoms with Crippen LogP contribution in [0.3, 0.4) is 0 Å². The monoisotopic (exact) mass is 320 g/mol. The molecule has 0 atom stereocenters. The summed E-state index contributed by atoms with van der Waals surface area (Å²) in [7, 11) is -3.92. The van der Waals surface area contributed by atoms with Crippen molar-refractivity contribution >= 4 is 9.84 Å². The Morgan fingerprint density at radius 3 is 2.57 bits per heavy atom. The van der Waals surface area contributed by atoms with E-state index in [1.165, 1.54) is 17.0 Å². The van der Waals surface area contributed by atoms with Crippen molar-refractivity contribution in [3.63, 3.8) is 0 Å². The molecule has 0 spiro atoms. The summed E-state index contributed by atoms with van der Waals surface area (Å²) in [6.45, 7) is 2.10. The van der Waals surface area contributed by atoms with Gasteiger partial charge in [-0.2, -0.15) is 13.2 Å². The minimum Gasteiger partial charge on any atom is -0.322 e. The fourth-order valence-corrected chi connectivity index (χ4v) is 3.05. The molecule has 0 N–H and O–H groups in total. The first-order chi connectivity index (χ1) is 9.74. The topological polar surface area (TPSA) is 77.7 Å². The molecule has 2 aromatic rings. The Morgan fingerprint density at radius 2 is 1.95 bits per heavy atom. The number of aromatic nitrogens is 4. The zero-order chi connectivity index (χ0) is 15.7. The van der Waals surface area contributed by atoms with E-state index in [9.17, 15) is 21.6 Å². The van der Waals surface area contributed by atoms with Crippen molar-refractivity contribution in [1.29, 1.82) is 0 Å². The quantitative estimate of drug-likeness (QED) is 0.856. The van der Waals surface area contributed by atoms with Gasteiger partial charge in [-0.05, 0) is 13.0 Å². The van der Waals surface area contributed by atoms with E-state index < -0.39 is 33.3 Å². The molecule has 0 saturated carbocycles. The van der Waals surface area contributed by atoms with E-state index in [1.54, 1.807) is 6.92 Å². The summed E-state index contributed by atoms with van der Waals surface area (Å²) >= 11 is 0. The maximum Gasteiger partial charge on any atom is 0.433 e. The standard InChI is InChI=1S/C11H11F3N4O2S/c1-2-18-6-5-16-10(18)21(19,20)7-9-15-4-3-8(17-9)11(12,13)14/h3-6H,2,7H2,1H3. The first kappa shape index (κ1) is 15.4. The molecule has 0 saturated heterocycles.